The number of ether oxygens (including phenoxy) is 2. The van der Waals surface area contributed by atoms with Crippen LogP contribution in [-0.4, -0.2) is 28.4 Å². The molecule has 8 heteroatoms. The van der Waals surface area contributed by atoms with Crippen LogP contribution in [0.2, 0.25) is 0 Å². The number of para-hydroxylation sites is 1. The van der Waals surface area contributed by atoms with Gasteiger partial charge in [0.1, 0.15) is 11.9 Å². The van der Waals surface area contributed by atoms with Gasteiger partial charge in [-0.3, -0.25) is 5.32 Å². The van der Waals surface area contributed by atoms with Gasteiger partial charge in [0.2, 0.25) is 0 Å². The van der Waals surface area contributed by atoms with Crippen molar-refractivity contribution >= 4 is 17.7 Å². The summed E-state index contributed by atoms with van der Waals surface area (Å²) in [5, 5.41) is 21.2. The van der Waals surface area contributed by atoms with Gasteiger partial charge in [0, 0.05) is 11.8 Å². The molecule has 0 unspecified atom stereocenters. The van der Waals surface area contributed by atoms with Crippen molar-refractivity contribution in [3.8, 4) is 11.5 Å². The SMILES string of the molecule is Cc1ccc(NC(=O)O[C@H](c2ccc(O)c(F)c2)[C@@H](CC/C=C/C(=O)O)Oc2ccccc2)cc1. The lowest BCUT2D eigenvalue weighted by molar-refractivity contribution is -0.131. The Labute approximate surface area is 202 Å². The van der Waals surface area contributed by atoms with Crippen LogP contribution < -0.4 is 10.1 Å². The predicted molar refractivity (Wildman–Crippen MR) is 129 cm³/mol. The van der Waals surface area contributed by atoms with E-state index in [1.54, 1.807) is 36.4 Å². The fourth-order valence-corrected chi connectivity index (χ4v) is 3.35. The van der Waals surface area contributed by atoms with Gasteiger partial charge in [-0.25, -0.2) is 14.0 Å². The number of benzene rings is 3. The number of nitrogens with one attached hydrogen (secondary N) is 1. The standard InChI is InChI=1S/C27H26FNO6/c1-18-11-14-20(15-12-18)29-27(33)35-26(19-13-16-23(30)22(28)17-19)24(9-5-6-10-25(31)32)34-21-7-3-2-4-8-21/h2-4,6-8,10-17,24,26,30H,5,9H2,1H3,(H,29,33)(H,31,32)/b10-6+/t24-,26-/m1/s1. The molecule has 0 fully saturated rings. The van der Waals surface area contributed by atoms with E-state index < -0.39 is 35.8 Å². The molecule has 0 aliphatic rings. The summed E-state index contributed by atoms with van der Waals surface area (Å²) < 4.78 is 26.0. The van der Waals surface area contributed by atoms with Gasteiger partial charge in [0.05, 0.1) is 0 Å². The Morgan fingerprint density at radius 2 is 1.77 bits per heavy atom. The number of phenols is 1. The van der Waals surface area contributed by atoms with Crippen molar-refractivity contribution < 1.29 is 33.7 Å². The number of carbonyl (C=O) groups excluding carboxylic acids is 1. The van der Waals surface area contributed by atoms with E-state index >= 15 is 0 Å². The molecule has 0 saturated carbocycles. The minimum atomic E-state index is -1.09. The lowest BCUT2D eigenvalue weighted by Crippen LogP contribution is -2.31. The number of hydrogen-bond donors (Lipinski definition) is 3. The quantitative estimate of drug-likeness (QED) is 0.308. The highest BCUT2D eigenvalue weighted by Crippen LogP contribution is 2.31. The maximum atomic E-state index is 14.2. The van der Waals surface area contributed by atoms with Crippen LogP contribution in [0.4, 0.5) is 14.9 Å². The van der Waals surface area contributed by atoms with Crippen molar-refractivity contribution in [1.82, 2.24) is 0 Å². The van der Waals surface area contributed by atoms with Gasteiger partial charge >= 0.3 is 12.1 Å². The summed E-state index contributed by atoms with van der Waals surface area (Å²) in [6, 6.07) is 19.6. The number of rotatable bonds is 10. The first-order valence-electron chi connectivity index (χ1n) is 11.0. The van der Waals surface area contributed by atoms with Crippen LogP contribution in [0.1, 0.15) is 30.1 Å². The summed E-state index contributed by atoms with van der Waals surface area (Å²) in [5.41, 5.74) is 1.80. The first kappa shape index (κ1) is 25.3. The maximum absolute atomic E-state index is 14.2. The molecule has 0 saturated heterocycles. The van der Waals surface area contributed by atoms with Crippen molar-refractivity contribution in [2.45, 2.75) is 32.0 Å². The first-order valence-corrected chi connectivity index (χ1v) is 11.0. The number of hydrogen-bond acceptors (Lipinski definition) is 5. The Bertz CT molecular complexity index is 1160. The maximum Gasteiger partial charge on any atom is 0.412 e. The van der Waals surface area contributed by atoms with Crippen LogP contribution in [0.3, 0.4) is 0 Å². The molecule has 0 aliphatic heterocycles. The molecule has 2 atom stereocenters. The number of anilines is 1. The molecule has 0 aromatic heterocycles. The fourth-order valence-electron chi connectivity index (χ4n) is 3.35. The third-order valence-corrected chi connectivity index (χ3v) is 5.08. The average Bonchev–Trinajstić information content (AvgIpc) is 2.83. The molecule has 0 aliphatic carbocycles. The topological polar surface area (TPSA) is 105 Å². The fraction of sp³-hybridized carbons (Fsp3) is 0.185. The molecule has 3 N–H and O–H groups in total. The summed E-state index contributed by atoms with van der Waals surface area (Å²) in [6.07, 6.45) is 0.366. The van der Waals surface area contributed by atoms with Gasteiger partial charge in [-0.2, -0.15) is 0 Å². The van der Waals surface area contributed by atoms with E-state index in [9.17, 15) is 19.1 Å². The lowest BCUT2D eigenvalue weighted by Gasteiger charge is -2.28. The number of carboxylic acids is 1. The number of amides is 1. The molecule has 3 aromatic rings. The van der Waals surface area contributed by atoms with Gasteiger partial charge in [-0.15, -0.1) is 0 Å². The van der Waals surface area contributed by atoms with Gasteiger partial charge in [-0.1, -0.05) is 48.0 Å². The van der Waals surface area contributed by atoms with Crippen LogP contribution in [0.15, 0.2) is 84.9 Å². The molecular formula is C27H26FNO6. The smallest absolute Gasteiger partial charge is 0.412 e. The van der Waals surface area contributed by atoms with Crippen LogP contribution in [0.5, 0.6) is 11.5 Å². The van der Waals surface area contributed by atoms with E-state index in [0.717, 1.165) is 17.7 Å². The Morgan fingerprint density at radius 3 is 2.43 bits per heavy atom. The second-order valence-corrected chi connectivity index (χ2v) is 7.82. The number of halogens is 1. The lowest BCUT2D eigenvalue weighted by atomic mass is 9.99. The van der Waals surface area contributed by atoms with E-state index in [1.165, 1.54) is 18.2 Å². The number of phenolic OH excluding ortho intramolecular Hbond substituents is 1. The number of aliphatic carboxylic acids is 1. The van der Waals surface area contributed by atoms with Crippen LogP contribution in [0, 0.1) is 12.7 Å². The van der Waals surface area contributed by atoms with Crippen LogP contribution >= 0.6 is 0 Å². The van der Waals surface area contributed by atoms with Crippen molar-refractivity contribution in [2.24, 2.45) is 0 Å². The second-order valence-electron chi connectivity index (χ2n) is 7.82. The molecule has 182 valence electrons. The summed E-state index contributed by atoms with van der Waals surface area (Å²) in [6.45, 7) is 1.92. The summed E-state index contributed by atoms with van der Waals surface area (Å²) >= 11 is 0. The first-order chi connectivity index (χ1) is 16.8. The highest BCUT2D eigenvalue weighted by Gasteiger charge is 2.29. The van der Waals surface area contributed by atoms with E-state index in [4.69, 9.17) is 14.6 Å². The monoisotopic (exact) mass is 479 g/mol. The molecule has 0 radical (unpaired) electrons. The second kappa shape index (κ2) is 12.2. The number of carbonyl (C=O) groups is 2. The number of aromatic hydroxyl groups is 1. The van der Waals surface area contributed by atoms with Crippen LogP contribution in [-0.2, 0) is 9.53 Å². The number of carboxylic acid groups (broad SMARTS) is 1. The van der Waals surface area contributed by atoms with Crippen molar-refractivity contribution in [3.05, 3.63) is 102 Å². The molecule has 0 bridgehead atoms. The molecule has 3 aromatic carbocycles. The van der Waals surface area contributed by atoms with E-state index in [0.29, 0.717) is 17.9 Å². The third kappa shape index (κ3) is 7.89. The minimum absolute atomic E-state index is 0.254. The van der Waals surface area contributed by atoms with Gasteiger partial charge in [-0.05, 0) is 61.7 Å². The predicted octanol–water partition coefficient (Wildman–Crippen LogP) is 6.00. The molecular weight excluding hydrogens is 453 g/mol. The average molecular weight is 480 g/mol. The number of allylic oxidation sites excluding steroid dienone is 1. The molecule has 3 rings (SSSR count). The number of aryl methyl sites for hydroxylation is 1. The van der Waals surface area contributed by atoms with E-state index in [1.807, 2.05) is 25.1 Å². The van der Waals surface area contributed by atoms with E-state index in [2.05, 4.69) is 5.32 Å². The Balaban J connectivity index is 1.90. The van der Waals surface area contributed by atoms with Gasteiger partial charge < -0.3 is 19.7 Å². The van der Waals surface area contributed by atoms with Gasteiger partial charge in [0.15, 0.2) is 17.7 Å². The zero-order valence-corrected chi connectivity index (χ0v) is 19.1. The normalized spacial score (nSPS) is 12.6. The molecule has 0 spiro atoms. The van der Waals surface area contributed by atoms with Crippen molar-refractivity contribution in [1.29, 1.82) is 0 Å². The summed E-state index contributed by atoms with van der Waals surface area (Å²) in [5.74, 6) is -2.01. The zero-order valence-electron chi connectivity index (χ0n) is 19.1. The highest BCUT2D eigenvalue weighted by atomic mass is 19.1. The Morgan fingerprint density at radius 1 is 1.06 bits per heavy atom. The van der Waals surface area contributed by atoms with Gasteiger partial charge in [0.25, 0.3) is 0 Å². The molecule has 7 nitrogen and oxygen atoms in total. The summed E-state index contributed by atoms with van der Waals surface area (Å²) in [4.78, 5) is 23.6. The largest absolute Gasteiger partial charge is 0.505 e. The molecule has 0 heterocycles. The minimum Gasteiger partial charge on any atom is -0.505 e. The van der Waals surface area contributed by atoms with Crippen molar-refractivity contribution in [2.75, 3.05) is 5.32 Å². The summed E-state index contributed by atoms with van der Waals surface area (Å²) in [7, 11) is 0. The van der Waals surface area contributed by atoms with E-state index in [-0.39, 0.29) is 12.0 Å². The van der Waals surface area contributed by atoms with Crippen molar-refractivity contribution in [3.63, 3.8) is 0 Å². The Hall–Kier alpha value is -4.33. The van der Waals surface area contributed by atoms with Crippen LogP contribution in [0.25, 0.3) is 0 Å². The third-order valence-electron chi connectivity index (χ3n) is 5.08. The molecule has 35 heavy (non-hydrogen) atoms. The molecule has 1 amide bonds. The Kier molecular flexibility index (Phi) is 8.83. The highest BCUT2D eigenvalue weighted by molar-refractivity contribution is 5.84. The zero-order chi connectivity index (χ0) is 25.2.